The molecule has 0 rings (SSSR count). The molecule has 108 valence electrons. The smallest absolute Gasteiger partial charge is 0.317 e. The van der Waals surface area contributed by atoms with E-state index in [1.165, 1.54) is 0 Å². The number of hydrogen-bond donors (Lipinski definition) is 1. The van der Waals surface area contributed by atoms with Crippen LogP contribution in [0.2, 0.25) is 0 Å². The molecular formula is C13H26O5. The van der Waals surface area contributed by atoms with E-state index in [2.05, 4.69) is 11.7 Å². The third kappa shape index (κ3) is 20.3. The van der Waals surface area contributed by atoms with Crippen molar-refractivity contribution in [2.45, 2.75) is 52.9 Å². The molecule has 0 atom stereocenters. The SMILES string of the molecule is CCCCCCOC(=O)CC(=O)O.CCOCC. The Labute approximate surface area is 109 Å². The van der Waals surface area contributed by atoms with Gasteiger partial charge in [0, 0.05) is 13.2 Å². The molecule has 0 heterocycles. The van der Waals surface area contributed by atoms with Gasteiger partial charge in [0.1, 0.15) is 6.42 Å². The van der Waals surface area contributed by atoms with Crippen molar-refractivity contribution in [2.75, 3.05) is 19.8 Å². The minimum absolute atomic E-state index is 0.339. The van der Waals surface area contributed by atoms with Crippen LogP contribution in [0.25, 0.3) is 0 Å². The molecule has 0 aliphatic carbocycles. The van der Waals surface area contributed by atoms with Gasteiger partial charge >= 0.3 is 11.9 Å². The van der Waals surface area contributed by atoms with Crippen LogP contribution in [0.5, 0.6) is 0 Å². The molecule has 0 unspecified atom stereocenters. The van der Waals surface area contributed by atoms with Gasteiger partial charge in [-0.05, 0) is 20.3 Å². The van der Waals surface area contributed by atoms with Gasteiger partial charge in [-0.1, -0.05) is 26.2 Å². The highest BCUT2D eigenvalue weighted by Gasteiger charge is 2.07. The maximum Gasteiger partial charge on any atom is 0.317 e. The molecule has 0 aromatic carbocycles. The van der Waals surface area contributed by atoms with Crippen LogP contribution in [0, 0.1) is 0 Å². The van der Waals surface area contributed by atoms with Gasteiger partial charge in [-0.25, -0.2) is 0 Å². The lowest BCUT2D eigenvalue weighted by Gasteiger charge is -2.01. The van der Waals surface area contributed by atoms with Crippen LogP contribution in [-0.4, -0.2) is 36.9 Å². The van der Waals surface area contributed by atoms with Gasteiger partial charge in [0.25, 0.3) is 0 Å². The van der Waals surface area contributed by atoms with Crippen molar-refractivity contribution in [1.29, 1.82) is 0 Å². The second-order valence-electron chi connectivity index (χ2n) is 3.63. The van der Waals surface area contributed by atoms with E-state index in [0.29, 0.717) is 6.61 Å². The number of aliphatic carboxylic acids is 1. The van der Waals surface area contributed by atoms with Gasteiger partial charge in [-0.15, -0.1) is 0 Å². The normalized spacial score (nSPS) is 9.28. The highest BCUT2D eigenvalue weighted by Crippen LogP contribution is 1.99. The number of ether oxygens (including phenoxy) is 2. The molecule has 5 heteroatoms. The Kier molecular flexibility index (Phi) is 17.0. The Morgan fingerprint density at radius 1 is 1.00 bits per heavy atom. The monoisotopic (exact) mass is 262 g/mol. The highest BCUT2D eigenvalue weighted by atomic mass is 16.5. The van der Waals surface area contributed by atoms with Crippen molar-refractivity contribution >= 4 is 11.9 Å². The molecule has 0 saturated heterocycles. The second kappa shape index (κ2) is 15.9. The van der Waals surface area contributed by atoms with E-state index < -0.39 is 18.4 Å². The molecule has 0 amide bonds. The molecule has 5 nitrogen and oxygen atoms in total. The fourth-order valence-corrected chi connectivity index (χ4v) is 1.09. The Hall–Kier alpha value is -1.10. The zero-order chi connectivity index (χ0) is 14.2. The minimum Gasteiger partial charge on any atom is -0.481 e. The van der Waals surface area contributed by atoms with Gasteiger partial charge in [0.15, 0.2) is 0 Å². The molecule has 0 bridgehead atoms. The first kappa shape index (κ1) is 19.2. The topological polar surface area (TPSA) is 72.8 Å². The summed E-state index contributed by atoms with van der Waals surface area (Å²) in [5, 5.41) is 8.22. The summed E-state index contributed by atoms with van der Waals surface area (Å²) in [4.78, 5) is 20.7. The molecule has 0 spiro atoms. The summed E-state index contributed by atoms with van der Waals surface area (Å²) in [6.07, 6.45) is 3.56. The van der Waals surface area contributed by atoms with Crippen molar-refractivity contribution in [2.24, 2.45) is 0 Å². The van der Waals surface area contributed by atoms with Crippen LogP contribution in [0.4, 0.5) is 0 Å². The maximum atomic E-state index is 10.7. The molecule has 0 fully saturated rings. The van der Waals surface area contributed by atoms with Crippen molar-refractivity contribution in [3.63, 3.8) is 0 Å². The number of hydrogen-bond acceptors (Lipinski definition) is 4. The van der Waals surface area contributed by atoms with Crippen LogP contribution >= 0.6 is 0 Å². The fraction of sp³-hybridized carbons (Fsp3) is 0.846. The van der Waals surface area contributed by atoms with E-state index in [4.69, 9.17) is 9.84 Å². The van der Waals surface area contributed by atoms with Crippen molar-refractivity contribution in [3.05, 3.63) is 0 Å². The van der Waals surface area contributed by atoms with Gasteiger partial charge in [0.2, 0.25) is 0 Å². The maximum absolute atomic E-state index is 10.7. The minimum atomic E-state index is -1.14. The zero-order valence-electron chi connectivity index (χ0n) is 11.7. The van der Waals surface area contributed by atoms with Gasteiger partial charge in [0.05, 0.1) is 6.61 Å². The lowest BCUT2D eigenvalue weighted by Crippen LogP contribution is -2.11. The predicted octanol–water partition coefficient (Wildman–Crippen LogP) is 2.63. The molecule has 1 N–H and O–H groups in total. The molecule has 0 aliphatic rings. The standard InChI is InChI=1S/C9H16O4.C4H10O/c1-2-3-4-5-6-13-9(12)7-8(10)11;1-3-5-4-2/h2-7H2,1H3,(H,10,11);3-4H2,1-2H3. The zero-order valence-corrected chi connectivity index (χ0v) is 11.7. The summed E-state index contributed by atoms with van der Waals surface area (Å²) in [6.45, 7) is 8.10. The van der Waals surface area contributed by atoms with E-state index in [0.717, 1.165) is 38.9 Å². The first-order valence-electron chi connectivity index (χ1n) is 6.53. The number of rotatable bonds is 9. The van der Waals surface area contributed by atoms with Crippen LogP contribution in [0.3, 0.4) is 0 Å². The van der Waals surface area contributed by atoms with E-state index in [1.807, 2.05) is 13.8 Å². The third-order valence-corrected chi connectivity index (χ3v) is 1.96. The first-order valence-corrected chi connectivity index (χ1v) is 6.53. The summed E-state index contributed by atoms with van der Waals surface area (Å²) < 4.78 is 9.51. The van der Waals surface area contributed by atoms with Crippen molar-refractivity contribution < 1.29 is 24.2 Å². The Morgan fingerprint density at radius 2 is 1.61 bits per heavy atom. The number of carboxylic acids is 1. The van der Waals surface area contributed by atoms with E-state index in [1.54, 1.807) is 0 Å². The second-order valence-corrected chi connectivity index (χ2v) is 3.63. The summed E-state index contributed by atoms with van der Waals surface area (Å²) in [6, 6.07) is 0. The molecule has 0 radical (unpaired) electrons. The average Bonchev–Trinajstić information content (AvgIpc) is 2.29. The predicted molar refractivity (Wildman–Crippen MR) is 69.5 cm³/mol. The molecule has 0 saturated carbocycles. The Morgan fingerprint density at radius 3 is 2.00 bits per heavy atom. The van der Waals surface area contributed by atoms with Crippen LogP contribution in [0.1, 0.15) is 52.9 Å². The molecule has 0 aromatic heterocycles. The lowest BCUT2D eigenvalue weighted by atomic mass is 10.2. The first-order chi connectivity index (χ1) is 8.58. The fourth-order valence-electron chi connectivity index (χ4n) is 1.09. The third-order valence-electron chi connectivity index (χ3n) is 1.96. The molecule has 18 heavy (non-hydrogen) atoms. The van der Waals surface area contributed by atoms with Crippen LogP contribution in [-0.2, 0) is 19.1 Å². The van der Waals surface area contributed by atoms with Gasteiger partial charge < -0.3 is 14.6 Å². The lowest BCUT2D eigenvalue weighted by molar-refractivity contribution is -0.151. The van der Waals surface area contributed by atoms with E-state index in [9.17, 15) is 9.59 Å². The average molecular weight is 262 g/mol. The molecule has 0 aliphatic heterocycles. The van der Waals surface area contributed by atoms with Gasteiger partial charge in [-0.2, -0.15) is 0 Å². The number of unbranched alkanes of at least 4 members (excludes halogenated alkanes) is 3. The summed E-state index contributed by atoms with van der Waals surface area (Å²) in [7, 11) is 0. The number of esters is 1. The Balaban J connectivity index is 0. The molecular weight excluding hydrogens is 236 g/mol. The van der Waals surface area contributed by atoms with E-state index in [-0.39, 0.29) is 0 Å². The summed E-state index contributed by atoms with van der Waals surface area (Å²) >= 11 is 0. The van der Waals surface area contributed by atoms with Crippen molar-refractivity contribution in [3.8, 4) is 0 Å². The quantitative estimate of drug-likeness (QED) is 0.393. The van der Waals surface area contributed by atoms with Crippen LogP contribution in [0.15, 0.2) is 0 Å². The molecule has 0 aromatic rings. The Bertz CT molecular complexity index is 202. The highest BCUT2D eigenvalue weighted by molar-refractivity contribution is 5.90. The van der Waals surface area contributed by atoms with Crippen molar-refractivity contribution in [1.82, 2.24) is 0 Å². The number of carbonyl (C=O) groups excluding carboxylic acids is 1. The van der Waals surface area contributed by atoms with Crippen LogP contribution < -0.4 is 0 Å². The number of carboxylic acid groups (broad SMARTS) is 1. The largest absolute Gasteiger partial charge is 0.481 e. The summed E-state index contributed by atoms with van der Waals surface area (Å²) in [5.41, 5.74) is 0. The van der Waals surface area contributed by atoms with Gasteiger partial charge in [-0.3, -0.25) is 9.59 Å². The van der Waals surface area contributed by atoms with E-state index >= 15 is 0 Å². The number of carbonyl (C=O) groups is 2. The summed E-state index contributed by atoms with van der Waals surface area (Å²) in [5.74, 6) is -1.79.